The van der Waals surface area contributed by atoms with E-state index < -0.39 is 57.6 Å². The van der Waals surface area contributed by atoms with Crippen LogP contribution in [-0.4, -0.2) is 64.9 Å². The van der Waals surface area contributed by atoms with Crippen molar-refractivity contribution in [2.24, 2.45) is 0 Å². The van der Waals surface area contributed by atoms with Crippen LogP contribution in [0.15, 0.2) is 36.5 Å². The molecule has 50 heavy (non-hydrogen) atoms. The van der Waals surface area contributed by atoms with E-state index in [0.29, 0.717) is 12.8 Å². The van der Waals surface area contributed by atoms with Gasteiger partial charge in [0.15, 0.2) is 6.04 Å². The first-order valence-corrected chi connectivity index (χ1v) is 20.5. The van der Waals surface area contributed by atoms with E-state index in [4.69, 9.17) is 13.8 Å². The fourth-order valence-corrected chi connectivity index (χ4v) is 5.65. The second kappa shape index (κ2) is 33.8. The first kappa shape index (κ1) is 47.7. The third-order valence-corrected chi connectivity index (χ3v) is 8.83. The van der Waals surface area contributed by atoms with E-state index in [1.54, 1.807) is 0 Å². The van der Waals surface area contributed by atoms with Crippen LogP contribution >= 0.6 is 7.82 Å². The average Bonchev–Trinajstić information content (AvgIpc) is 3.08. The number of unbranched alkanes of at least 4 members (excludes halogenated alkanes) is 15. The summed E-state index contributed by atoms with van der Waals surface area (Å²) in [5, 5.41) is 21.7. The highest BCUT2D eigenvalue weighted by Gasteiger charge is 2.28. The van der Waals surface area contributed by atoms with E-state index in [0.717, 1.165) is 89.9 Å². The first-order chi connectivity index (χ1) is 24.1. The Hall–Kier alpha value is -2.30. The molecule has 0 aliphatic heterocycles. The van der Waals surface area contributed by atoms with Gasteiger partial charge in [-0.3, -0.25) is 18.6 Å². The van der Waals surface area contributed by atoms with Crippen LogP contribution in [0.2, 0.25) is 0 Å². The third-order valence-electron chi connectivity index (χ3n) is 7.88. The predicted octanol–water partition coefficient (Wildman–Crippen LogP) is 8.88. The molecule has 4 N–H and O–H groups in total. The number of rotatable bonds is 35. The molecule has 0 heterocycles. The Bertz CT molecular complexity index is 1000. The number of aliphatic hydroxyl groups excluding tert-OH is 1. The summed E-state index contributed by atoms with van der Waals surface area (Å²) in [6, 6.07) is -1.55. The molecule has 0 aliphatic carbocycles. The highest BCUT2D eigenvalue weighted by atomic mass is 31.2. The van der Waals surface area contributed by atoms with Crippen LogP contribution in [0, 0.1) is 0 Å². The van der Waals surface area contributed by atoms with Crippen molar-refractivity contribution < 1.29 is 47.8 Å². The van der Waals surface area contributed by atoms with Gasteiger partial charge in [-0.2, -0.15) is 0 Å². The second-order valence-electron chi connectivity index (χ2n) is 12.8. The first-order valence-electron chi connectivity index (χ1n) is 19.0. The lowest BCUT2D eigenvalue weighted by atomic mass is 10.1. The van der Waals surface area contributed by atoms with Gasteiger partial charge in [0, 0.05) is 12.8 Å². The van der Waals surface area contributed by atoms with E-state index in [9.17, 15) is 34.1 Å². The van der Waals surface area contributed by atoms with Crippen molar-refractivity contribution >= 4 is 25.7 Å². The molecule has 0 bridgehead atoms. The zero-order valence-corrected chi connectivity index (χ0v) is 31.8. The second-order valence-corrected chi connectivity index (χ2v) is 14.2. The number of aliphatic hydroxyl groups is 1. The van der Waals surface area contributed by atoms with Crippen LogP contribution < -0.4 is 5.32 Å². The fraction of sp³-hybridized carbons (Fsp3) is 0.763. The molecule has 0 aromatic carbocycles. The van der Waals surface area contributed by atoms with Crippen molar-refractivity contribution in [3.05, 3.63) is 36.5 Å². The van der Waals surface area contributed by atoms with E-state index in [-0.39, 0.29) is 12.8 Å². The van der Waals surface area contributed by atoms with Gasteiger partial charge in [0.1, 0.15) is 12.7 Å². The SMILES string of the molecule is CCC/C=C\CCCCCCCC(=O)OCC(O)COP(=O)(O)OCC(NC(=O)CCCCCCC/C=C\C/C=C\CCCCCC)C(=O)O. The summed E-state index contributed by atoms with van der Waals surface area (Å²) >= 11 is 0. The lowest BCUT2D eigenvalue weighted by Crippen LogP contribution is -2.43. The smallest absolute Gasteiger partial charge is 0.472 e. The molecular weight excluding hydrogens is 661 g/mol. The zero-order chi connectivity index (χ0) is 37.1. The maximum atomic E-state index is 12.3. The van der Waals surface area contributed by atoms with Crippen LogP contribution in [-0.2, 0) is 32.7 Å². The standard InChI is InChI=1S/C38H68NO10P/c1-3-5-7-9-11-13-15-16-17-18-19-20-21-23-25-27-29-36(41)39-35(38(43)44)33-49-50(45,46)48-32-34(40)31-47-37(42)30-28-26-24-22-14-12-10-8-6-4-2/h8,10,13,15,17-18,34-35,40H,3-7,9,11-12,14,16,19-33H2,1-2H3,(H,39,41)(H,43,44)(H,45,46)/b10-8-,15-13-,18-17-. The molecule has 1 amide bonds. The van der Waals surface area contributed by atoms with Crippen molar-refractivity contribution in [3.8, 4) is 0 Å². The molecule has 0 aliphatic rings. The Morgan fingerprint density at radius 2 is 1.14 bits per heavy atom. The van der Waals surface area contributed by atoms with Gasteiger partial charge < -0.3 is 25.2 Å². The lowest BCUT2D eigenvalue weighted by molar-refractivity contribution is -0.147. The van der Waals surface area contributed by atoms with Gasteiger partial charge in [-0.05, 0) is 64.2 Å². The van der Waals surface area contributed by atoms with Gasteiger partial charge in [0.2, 0.25) is 5.91 Å². The lowest BCUT2D eigenvalue weighted by Gasteiger charge is -2.18. The Morgan fingerprint density at radius 1 is 0.640 bits per heavy atom. The fourth-order valence-electron chi connectivity index (χ4n) is 4.87. The maximum absolute atomic E-state index is 12.3. The van der Waals surface area contributed by atoms with Crippen molar-refractivity contribution in [1.29, 1.82) is 0 Å². The van der Waals surface area contributed by atoms with Gasteiger partial charge in [-0.15, -0.1) is 0 Å². The van der Waals surface area contributed by atoms with Gasteiger partial charge >= 0.3 is 19.8 Å². The Morgan fingerprint density at radius 3 is 1.72 bits per heavy atom. The number of ether oxygens (including phenoxy) is 1. The molecule has 0 spiro atoms. The number of phosphoric acid groups is 1. The Balaban J connectivity index is 4.01. The van der Waals surface area contributed by atoms with Gasteiger partial charge in [-0.25, -0.2) is 9.36 Å². The molecule has 0 radical (unpaired) electrons. The number of carboxylic acid groups (broad SMARTS) is 1. The molecule has 3 unspecified atom stereocenters. The minimum absolute atomic E-state index is 0.129. The number of allylic oxidation sites excluding steroid dienone is 6. The number of nitrogens with one attached hydrogen (secondary N) is 1. The number of hydrogen-bond acceptors (Lipinski definition) is 8. The van der Waals surface area contributed by atoms with Gasteiger partial charge in [0.05, 0.1) is 13.2 Å². The molecule has 0 aromatic heterocycles. The highest BCUT2D eigenvalue weighted by molar-refractivity contribution is 7.47. The summed E-state index contributed by atoms with van der Waals surface area (Å²) in [5.41, 5.74) is 0. The predicted molar refractivity (Wildman–Crippen MR) is 199 cm³/mol. The van der Waals surface area contributed by atoms with Gasteiger partial charge in [-0.1, -0.05) is 115 Å². The summed E-state index contributed by atoms with van der Waals surface area (Å²) in [6.45, 7) is 2.46. The number of carbonyl (C=O) groups is 3. The number of carboxylic acids is 1. The minimum atomic E-state index is -4.75. The van der Waals surface area contributed by atoms with Gasteiger partial charge in [0.25, 0.3) is 0 Å². The molecule has 0 rings (SSSR count). The number of esters is 1. The number of carbonyl (C=O) groups excluding carboxylic acids is 2. The van der Waals surface area contributed by atoms with Crippen molar-refractivity contribution in [1.82, 2.24) is 5.32 Å². The molecule has 3 atom stereocenters. The van der Waals surface area contributed by atoms with Crippen LogP contribution in [0.5, 0.6) is 0 Å². The molecule has 11 nitrogen and oxygen atoms in total. The average molecular weight is 730 g/mol. The van der Waals surface area contributed by atoms with Crippen molar-refractivity contribution in [3.63, 3.8) is 0 Å². The molecular formula is C38H68NO10P. The minimum Gasteiger partial charge on any atom is -0.480 e. The number of aliphatic carboxylic acids is 1. The molecule has 0 saturated heterocycles. The summed E-state index contributed by atoms with van der Waals surface area (Å²) in [5.74, 6) is -2.41. The van der Waals surface area contributed by atoms with Crippen molar-refractivity contribution in [2.45, 2.75) is 167 Å². The molecule has 0 saturated carbocycles. The van der Waals surface area contributed by atoms with Crippen LogP contribution in [0.4, 0.5) is 0 Å². The Labute approximate surface area is 301 Å². The van der Waals surface area contributed by atoms with E-state index >= 15 is 0 Å². The third kappa shape index (κ3) is 32.9. The van der Waals surface area contributed by atoms with Crippen molar-refractivity contribution in [2.75, 3.05) is 19.8 Å². The van der Waals surface area contributed by atoms with Crippen LogP contribution in [0.3, 0.4) is 0 Å². The van der Waals surface area contributed by atoms with Crippen LogP contribution in [0.25, 0.3) is 0 Å². The number of hydrogen-bond donors (Lipinski definition) is 4. The summed E-state index contributed by atoms with van der Waals surface area (Å²) < 4.78 is 26.7. The highest BCUT2D eigenvalue weighted by Crippen LogP contribution is 2.43. The normalized spacial score (nSPS) is 14.3. The topological polar surface area (TPSA) is 169 Å². The van der Waals surface area contributed by atoms with E-state index in [1.165, 1.54) is 25.7 Å². The summed E-state index contributed by atoms with van der Waals surface area (Å²) in [4.78, 5) is 45.6. The summed E-state index contributed by atoms with van der Waals surface area (Å²) in [7, 11) is -4.75. The number of amides is 1. The van der Waals surface area contributed by atoms with E-state index in [2.05, 4.69) is 55.6 Å². The monoisotopic (exact) mass is 729 g/mol. The Kier molecular flexibility index (Phi) is 32.3. The quantitative estimate of drug-likeness (QED) is 0.0214. The maximum Gasteiger partial charge on any atom is 0.472 e. The molecule has 0 fully saturated rings. The summed E-state index contributed by atoms with van der Waals surface area (Å²) in [6.07, 6.45) is 33.2. The van der Waals surface area contributed by atoms with E-state index in [1.807, 2.05) is 0 Å². The molecule has 12 heteroatoms. The zero-order valence-electron chi connectivity index (χ0n) is 30.9. The molecule has 290 valence electrons. The molecule has 0 aromatic rings. The number of phosphoric ester groups is 1. The van der Waals surface area contributed by atoms with Crippen LogP contribution in [0.1, 0.15) is 155 Å². The largest absolute Gasteiger partial charge is 0.480 e.